The molecule has 16 heavy (non-hydrogen) atoms. The van der Waals surface area contributed by atoms with Crippen molar-refractivity contribution in [2.24, 2.45) is 5.41 Å². The zero-order chi connectivity index (χ0) is 12.2. The van der Waals surface area contributed by atoms with Gasteiger partial charge in [-0.25, -0.2) is 0 Å². The Bertz CT molecular complexity index is 377. The fourth-order valence-corrected chi connectivity index (χ4v) is 1.47. The molecule has 1 N–H and O–H groups in total. The topological polar surface area (TPSA) is 38.3 Å². The number of para-hydroxylation sites is 1. The summed E-state index contributed by atoms with van der Waals surface area (Å²) in [6.07, 6.45) is 0. The van der Waals surface area contributed by atoms with Crippen molar-refractivity contribution in [2.45, 2.75) is 13.8 Å². The molecule has 1 rings (SSSR count). The van der Waals surface area contributed by atoms with E-state index in [-0.39, 0.29) is 5.97 Å². The molecule has 0 aliphatic rings. The third kappa shape index (κ3) is 3.14. The Labute approximate surface area is 101 Å². The summed E-state index contributed by atoms with van der Waals surface area (Å²) in [7, 11) is 1.39. The molecule has 0 saturated heterocycles. The van der Waals surface area contributed by atoms with Crippen LogP contribution in [-0.2, 0) is 9.53 Å². The Balaban J connectivity index is 2.65. The molecule has 0 bridgehead atoms. The number of benzene rings is 1. The van der Waals surface area contributed by atoms with Crippen molar-refractivity contribution in [3.8, 4) is 0 Å². The summed E-state index contributed by atoms with van der Waals surface area (Å²) in [5.41, 5.74) is 0.245. The van der Waals surface area contributed by atoms with Gasteiger partial charge in [0.05, 0.1) is 23.2 Å². The van der Waals surface area contributed by atoms with Crippen LogP contribution in [0.1, 0.15) is 13.8 Å². The lowest BCUT2D eigenvalue weighted by atomic mass is 9.93. The Kier molecular flexibility index (Phi) is 4.19. The van der Waals surface area contributed by atoms with Crippen LogP contribution in [-0.4, -0.2) is 19.6 Å². The van der Waals surface area contributed by atoms with Crippen LogP contribution < -0.4 is 5.32 Å². The third-order valence-electron chi connectivity index (χ3n) is 2.33. The number of halogens is 1. The van der Waals surface area contributed by atoms with Gasteiger partial charge in [-0.2, -0.15) is 0 Å². The lowest BCUT2D eigenvalue weighted by Crippen LogP contribution is -2.33. The Morgan fingerprint density at radius 2 is 2.06 bits per heavy atom. The van der Waals surface area contributed by atoms with Crippen LogP contribution in [0.3, 0.4) is 0 Å². The quantitative estimate of drug-likeness (QED) is 0.824. The molecular formula is C12H16ClNO2. The summed E-state index contributed by atoms with van der Waals surface area (Å²) in [5, 5.41) is 3.78. The summed E-state index contributed by atoms with van der Waals surface area (Å²) >= 11 is 5.99. The first kappa shape index (κ1) is 12.8. The molecule has 1 aromatic carbocycles. The summed E-state index contributed by atoms with van der Waals surface area (Å²) < 4.78 is 4.72. The SMILES string of the molecule is COC(=O)C(C)(C)CNc1ccccc1Cl. The van der Waals surface area contributed by atoms with Crippen LogP contribution in [0.25, 0.3) is 0 Å². The first-order chi connectivity index (χ1) is 7.47. The minimum absolute atomic E-state index is 0.243. The maximum atomic E-state index is 11.4. The molecular weight excluding hydrogens is 226 g/mol. The largest absolute Gasteiger partial charge is 0.469 e. The number of rotatable bonds is 4. The van der Waals surface area contributed by atoms with Crippen molar-refractivity contribution in [2.75, 3.05) is 19.0 Å². The molecule has 0 spiro atoms. The highest BCUT2D eigenvalue weighted by molar-refractivity contribution is 6.33. The maximum absolute atomic E-state index is 11.4. The molecule has 0 saturated carbocycles. The zero-order valence-electron chi connectivity index (χ0n) is 9.71. The molecule has 0 aliphatic heterocycles. The Morgan fingerprint density at radius 1 is 1.44 bits per heavy atom. The number of carbonyl (C=O) groups excluding carboxylic acids is 1. The van der Waals surface area contributed by atoms with Gasteiger partial charge in [-0.1, -0.05) is 23.7 Å². The van der Waals surface area contributed by atoms with Gasteiger partial charge in [0.15, 0.2) is 0 Å². The average Bonchev–Trinajstić information content (AvgIpc) is 2.27. The van der Waals surface area contributed by atoms with E-state index in [1.165, 1.54) is 7.11 Å². The van der Waals surface area contributed by atoms with Gasteiger partial charge >= 0.3 is 5.97 Å². The lowest BCUT2D eigenvalue weighted by Gasteiger charge is -2.22. The molecule has 0 aliphatic carbocycles. The molecule has 0 atom stereocenters. The van der Waals surface area contributed by atoms with Gasteiger partial charge in [-0.05, 0) is 26.0 Å². The highest BCUT2D eigenvalue weighted by Crippen LogP contribution is 2.23. The number of methoxy groups -OCH3 is 1. The summed E-state index contributed by atoms with van der Waals surface area (Å²) in [6, 6.07) is 7.42. The van der Waals surface area contributed by atoms with Crippen molar-refractivity contribution in [1.29, 1.82) is 0 Å². The molecule has 0 unspecified atom stereocenters. The fraction of sp³-hybridized carbons (Fsp3) is 0.417. The standard InChI is InChI=1S/C12H16ClNO2/c1-12(2,11(15)16-3)8-14-10-7-5-4-6-9(10)13/h4-7,14H,8H2,1-3H3. The monoisotopic (exact) mass is 241 g/mol. The van der Waals surface area contributed by atoms with E-state index in [4.69, 9.17) is 16.3 Å². The smallest absolute Gasteiger partial charge is 0.313 e. The molecule has 0 radical (unpaired) electrons. The third-order valence-corrected chi connectivity index (χ3v) is 2.66. The summed E-state index contributed by atoms with van der Waals surface area (Å²) in [6.45, 7) is 4.12. The minimum Gasteiger partial charge on any atom is -0.469 e. The van der Waals surface area contributed by atoms with Gasteiger partial charge in [0, 0.05) is 6.54 Å². The second-order valence-electron chi connectivity index (χ2n) is 4.21. The normalized spacial score (nSPS) is 11.0. The van der Waals surface area contributed by atoms with Crippen molar-refractivity contribution < 1.29 is 9.53 Å². The number of hydrogen-bond donors (Lipinski definition) is 1. The van der Waals surface area contributed by atoms with Gasteiger partial charge in [0.25, 0.3) is 0 Å². The van der Waals surface area contributed by atoms with Crippen molar-refractivity contribution >= 4 is 23.3 Å². The molecule has 4 heteroatoms. The van der Waals surface area contributed by atoms with E-state index in [1.54, 1.807) is 6.07 Å². The van der Waals surface area contributed by atoms with Crippen LogP contribution >= 0.6 is 11.6 Å². The Morgan fingerprint density at radius 3 is 2.62 bits per heavy atom. The van der Waals surface area contributed by atoms with E-state index < -0.39 is 5.41 Å². The second-order valence-corrected chi connectivity index (χ2v) is 4.62. The second kappa shape index (κ2) is 5.21. The van der Waals surface area contributed by atoms with E-state index in [9.17, 15) is 4.79 Å². The summed E-state index contributed by atoms with van der Waals surface area (Å²) in [4.78, 5) is 11.4. The van der Waals surface area contributed by atoms with Gasteiger partial charge in [-0.15, -0.1) is 0 Å². The van der Waals surface area contributed by atoms with Crippen molar-refractivity contribution in [1.82, 2.24) is 0 Å². The molecule has 0 heterocycles. The minimum atomic E-state index is -0.575. The highest BCUT2D eigenvalue weighted by Gasteiger charge is 2.28. The predicted octanol–water partition coefficient (Wildman–Crippen LogP) is 2.95. The van der Waals surface area contributed by atoms with Crippen molar-refractivity contribution in [3.63, 3.8) is 0 Å². The van der Waals surface area contributed by atoms with E-state index in [2.05, 4.69) is 5.32 Å². The number of esters is 1. The molecule has 3 nitrogen and oxygen atoms in total. The van der Waals surface area contributed by atoms with Crippen LogP contribution in [0.15, 0.2) is 24.3 Å². The average molecular weight is 242 g/mol. The summed E-state index contributed by atoms with van der Waals surface area (Å²) in [5.74, 6) is -0.243. The van der Waals surface area contributed by atoms with E-state index in [0.717, 1.165) is 5.69 Å². The van der Waals surface area contributed by atoms with Crippen LogP contribution in [0, 0.1) is 5.41 Å². The van der Waals surface area contributed by atoms with Crippen molar-refractivity contribution in [3.05, 3.63) is 29.3 Å². The molecule has 0 aromatic heterocycles. The number of carbonyl (C=O) groups is 1. The molecule has 0 amide bonds. The lowest BCUT2D eigenvalue weighted by molar-refractivity contribution is -0.149. The van der Waals surface area contributed by atoms with Crippen LogP contribution in [0.2, 0.25) is 5.02 Å². The molecule has 1 aromatic rings. The maximum Gasteiger partial charge on any atom is 0.313 e. The highest BCUT2D eigenvalue weighted by atomic mass is 35.5. The number of hydrogen-bond acceptors (Lipinski definition) is 3. The molecule has 0 fully saturated rings. The predicted molar refractivity (Wildman–Crippen MR) is 65.7 cm³/mol. The van der Waals surface area contributed by atoms with Crippen LogP contribution in [0.5, 0.6) is 0 Å². The fourth-order valence-electron chi connectivity index (χ4n) is 1.27. The van der Waals surface area contributed by atoms with E-state index in [0.29, 0.717) is 11.6 Å². The van der Waals surface area contributed by atoms with Gasteiger partial charge < -0.3 is 10.1 Å². The number of anilines is 1. The van der Waals surface area contributed by atoms with E-state index >= 15 is 0 Å². The first-order valence-corrected chi connectivity index (χ1v) is 5.42. The van der Waals surface area contributed by atoms with Gasteiger partial charge in [-0.3, -0.25) is 4.79 Å². The van der Waals surface area contributed by atoms with Gasteiger partial charge in [0.1, 0.15) is 0 Å². The number of nitrogens with one attached hydrogen (secondary N) is 1. The number of ether oxygens (including phenoxy) is 1. The van der Waals surface area contributed by atoms with E-state index in [1.807, 2.05) is 32.0 Å². The zero-order valence-corrected chi connectivity index (χ0v) is 10.5. The Hall–Kier alpha value is -1.22. The van der Waals surface area contributed by atoms with Crippen LogP contribution in [0.4, 0.5) is 5.69 Å². The molecule has 88 valence electrons. The first-order valence-electron chi connectivity index (χ1n) is 5.04. The van der Waals surface area contributed by atoms with Gasteiger partial charge in [0.2, 0.25) is 0 Å².